The lowest BCUT2D eigenvalue weighted by molar-refractivity contribution is -0.136. The highest BCUT2D eigenvalue weighted by Crippen LogP contribution is 1.99. The first-order valence-corrected chi connectivity index (χ1v) is 6.17. The summed E-state index contributed by atoms with van der Waals surface area (Å²) < 4.78 is 22.5. The van der Waals surface area contributed by atoms with E-state index in [1.165, 1.54) is 13.8 Å². The number of aliphatic carboxylic acids is 1. The lowest BCUT2D eigenvalue weighted by Crippen LogP contribution is -2.34. The molecule has 6 nitrogen and oxygen atoms in total. The third-order valence-corrected chi connectivity index (χ3v) is 3.81. The fourth-order valence-electron chi connectivity index (χ4n) is 0.709. The topological polar surface area (TPSA) is 101 Å². The Labute approximate surface area is 88.6 Å². The molecule has 7 heteroatoms. The molecule has 0 atom stereocenters. The van der Waals surface area contributed by atoms with Crippen LogP contribution in [0.1, 0.15) is 20.3 Å². The first-order chi connectivity index (χ1) is 6.75. The van der Waals surface area contributed by atoms with Crippen molar-refractivity contribution in [2.45, 2.75) is 25.5 Å². The minimum absolute atomic E-state index is 0.0538. The van der Waals surface area contributed by atoms with Crippen LogP contribution in [0.4, 0.5) is 0 Å². The van der Waals surface area contributed by atoms with Crippen LogP contribution in [0.5, 0.6) is 0 Å². The first kappa shape index (κ1) is 13.9. The molecular weight excluding hydrogens is 222 g/mol. The normalized spacial score (nSPS) is 11.4. The Morgan fingerprint density at radius 1 is 1.33 bits per heavy atom. The van der Waals surface area contributed by atoms with E-state index in [0.717, 1.165) is 0 Å². The monoisotopic (exact) mass is 237 g/mol. The molecule has 0 spiro atoms. The zero-order valence-electron chi connectivity index (χ0n) is 8.69. The molecule has 0 bridgehead atoms. The van der Waals surface area contributed by atoms with Gasteiger partial charge in [-0.3, -0.25) is 9.59 Å². The van der Waals surface area contributed by atoms with E-state index >= 15 is 0 Å². The molecular formula is C8H15NO5S. The van der Waals surface area contributed by atoms with Gasteiger partial charge in [0.15, 0.2) is 9.84 Å². The zero-order chi connectivity index (χ0) is 12.1. The second kappa shape index (κ2) is 5.69. The Morgan fingerprint density at radius 2 is 1.87 bits per heavy atom. The van der Waals surface area contributed by atoms with E-state index in [9.17, 15) is 18.0 Å². The van der Waals surface area contributed by atoms with Crippen LogP contribution in [0, 0.1) is 0 Å². The molecule has 0 aliphatic carbocycles. The van der Waals surface area contributed by atoms with E-state index in [-0.39, 0.29) is 13.0 Å². The lowest BCUT2D eigenvalue weighted by atomic mass is 10.4. The summed E-state index contributed by atoms with van der Waals surface area (Å²) in [6, 6.07) is 0. The van der Waals surface area contributed by atoms with Crippen LogP contribution < -0.4 is 5.32 Å². The van der Waals surface area contributed by atoms with E-state index in [0.29, 0.717) is 0 Å². The van der Waals surface area contributed by atoms with Gasteiger partial charge < -0.3 is 10.4 Å². The van der Waals surface area contributed by atoms with Crippen LogP contribution in [0.15, 0.2) is 0 Å². The third-order valence-electron chi connectivity index (χ3n) is 1.71. The maximum Gasteiger partial charge on any atom is 0.305 e. The molecule has 0 heterocycles. The quantitative estimate of drug-likeness (QED) is 0.642. The van der Waals surface area contributed by atoms with Gasteiger partial charge in [-0.2, -0.15) is 0 Å². The number of hydrogen-bond donors (Lipinski definition) is 2. The van der Waals surface area contributed by atoms with Crippen LogP contribution in [0.3, 0.4) is 0 Å². The van der Waals surface area contributed by atoms with Crippen molar-refractivity contribution >= 4 is 21.7 Å². The highest BCUT2D eigenvalue weighted by atomic mass is 32.2. The average molecular weight is 237 g/mol. The van der Waals surface area contributed by atoms with Crippen molar-refractivity contribution in [3.63, 3.8) is 0 Å². The molecule has 0 rings (SSSR count). The summed E-state index contributed by atoms with van der Waals surface area (Å²) in [6.45, 7) is 2.92. The Bertz CT molecular complexity index is 333. The molecule has 0 fully saturated rings. The summed E-state index contributed by atoms with van der Waals surface area (Å²) in [7, 11) is -3.41. The van der Waals surface area contributed by atoms with Gasteiger partial charge in [0.25, 0.3) is 0 Å². The van der Waals surface area contributed by atoms with E-state index < -0.39 is 32.7 Å². The number of amides is 1. The predicted octanol–water partition coefficient (Wildman–Crippen LogP) is -0.599. The van der Waals surface area contributed by atoms with Gasteiger partial charge in [0, 0.05) is 6.54 Å². The van der Waals surface area contributed by atoms with Crippen molar-refractivity contribution < 1.29 is 23.1 Å². The Balaban J connectivity index is 4.00. The number of rotatable bonds is 6. The van der Waals surface area contributed by atoms with Gasteiger partial charge in [-0.25, -0.2) is 8.42 Å². The summed E-state index contributed by atoms with van der Waals surface area (Å²) >= 11 is 0. The molecule has 0 aliphatic rings. The van der Waals surface area contributed by atoms with Crippen molar-refractivity contribution in [1.29, 1.82) is 0 Å². The van der Waals surface area contributed by atoms with E-state index in [1.807, 2.05) is 0 Å². The fourth-order valence-corrected chi connectivity index (χ4v) is 1.51. The smallest absolute Gasteiger partial charge is 0.305 e. The number of sulfone groups is 1. The molecule has 0 aromatic carbocycles. The van der Waals surface area contributed by atoms with Crippen molar-refractivity contribution in [2.75, 3.05) is 12.3 Å². The number of nitrogens with one attached hydrogen (secondary N) is 1. The molecule has 1 amide bonds. The van der Waals surface area contributed by atoms with Gasteiger partial charge in [-0.1, -0.05) is 0 Å². The summed E-state index contributed by atoms with van der Waals surface area (Å²) in [5.74, 6) is -2.29. The number of hydrogen-bond acceptors (Lipinski definition) is 4. The highest BCUT2D eigenvalue weighted by molar-refractivity contribution is 7.92. The molecule has 0 unspecified atom stereocenters. The first-order valence-electron chi connectivity index (χ1n) is 4.45. The fraction of sp³-hybridized carbons (Fsp3) is 0.750. The number of carbonyl (C=O) groups excluding carboxylic acids is 1. The van der Waals surface area contributed by atoms with Gasteiger partial charge in [0.1, 0.15) is 5.75 Å². The minimum atomic E-state index is -3.41. The maximum atomic E-state index is 11.3. The van der Waals surface area contributed by atoms with Gasteiger partial charge >= 0.3 is 5.97 Å². The molecule has 0 aromatic rings. The Morgan fingerprint density at radius 3 is 2.27 bits per heavy atom. The van der Waals surface area contributed by atoms with Crippen molar-refractivity contribution in [2.24, 2.45) is 0 Å². The average Bonchev–Trinajstić information content (AvgIpc) is 2.01. The second-order valence-corrected chi connectivity index (χ2v) is 5.91. The molecule has 0 saturated carbocycles. The lowest BCUT2D eigenvalue weighted by Gasteiger charge is -2.07. The molecule has 88 valence electrons. The molecule has 0 radical (unpaired) electrons. The molecule has 0 saturated heterocycles. The molecule has 2 N–H and O–H groups in total. The SMILES string of the molecule is CC(C)S(=O)(=O)CC(=O)NCCC(=O)O. The largest absolute Gasteiger partial charge is 0.481 e. The van der Waals surface area contributed by atoms with Gasteiger partial charge in [-0.05, 0) is 13.8 Å². The number of carboxylic acid groups (broad SMARTS) is 1. The van der Waals surface area contributed by atoms with Crippen LogP contribution in [0.25, 0.3) is 0 Å². The van der Waals surface area contributed by atoms with E-state index in [2.05, 4.69) is 5.32 Å². The standard InChI is InChI=1S/C8H15NO5S/c1-6(2)15(13,14)5-7(10)9-4-3-8(11)12/h6H,3-5H2,1-2H3,(H,9,10)(H,11,12). The van der Waals surface area contributed by atoms with Crippen molar-refractivity contribution in [3.8, 4) is 0 Å². The van der Waals surface area contributed by atoms with Gasteiger partial charge in [0.2, 0.25) is 5.91 Å². The van der Waals surface area contributed by atoms with Crippen LogP contribution >= 0.6 is 0 Å². The molecule has 0 aliphatic heterocycles. The Hall–Kier alpha value is -1.11. The van der Waals surface area contributed by atoms with Crippen LogP contribution in [-0.4, -0.2) is 42.9 Å². The van der Waals surface area contributed by atoms with Crippen LogP contribution in [-0.2, 0) is 19.4 Å². The molecule has 15 heavy (non-hydrogen) atoms. The minimum Gasteiger partial charge on any atom is -0.481 e. The summed E-state index contributed by atoms with van der Waals surface area (Å²) in [5, 5.41) is 9.90. The number of carbonyl (C=O) groups is 2. The predicted molar refractivity (Wildman–Crippen MR) is 54.2 cm³/mol. The summed E-state index contributed by atoms with van der Waals surface area (Å²) in [4.78, 5) is 21.2. The third kappa shape index (κ3) is 6.05. The van der Waals surface area contributed by atoms with Gasteiger partial charge in [-0.15, -0.1) is 0 Å². The second-order valence-electron chi connectivity index (χ2n) is 3.35. The van der Waals surface area contributed by atoms with E-state index in [1.54, 1.807) is 0 Å². The van der Waals surface area contributed by atoms with Gasteiger partial charge in [0.05, 0.1) is 11.7 Å². The summed E-state index contributed by atoms with van der Waals surface area (Å²) in [6.07, 6.45) is -0.215. The Kier molecular flexibility index (Phi) is 5.27. The summed E-state index contributed by atoms with van der Waals surface area (Å²) in [5.41, 5.74) is 0. The maximum absolute atomic E-state index is 11.3. The van der Waals surface area contributed by atoms with Crippen molar-refractivity contribution in [1.82, 2.24) is 5.32 Å². The highest BCUT2D eigenvalue weighted by Gasteiger charge is 2.20. The van der Waals surface area contributed by atoms with E-state index in [4.69, 9.17) is 5.11 Å². The van der Waals surface area contributed by atoms with Crippen LogP contribution in [0.2, 0.25) is 0 Å². The van der Waals surface area contributed by atoms with Crippen molar-refractivity contribution in [3.05, 3.63) is 0 Å². The zero-order valence-corrected chi connectivity index (χ0v) is 9.50. The molecule has 0 aromatic heterocycles. The number of carboxylic acids is 1.